The second-order valence-electron chi connectivity index (χ2n) is 7.27. The van der Waals surface area contributed by atoms with Crippen molar-refractivity contribution in [1.82, 2.24) is 0 Å². The fourth-order valence-electron chi connectivity index (χ4n) is 3.70. The van der Waals surface area contributed by atoms with Gasteiger partial charge in [0.1, 0.15) is 18.2 Å². The lowest BCUT2D eigenvalue weighted by atomic mass is 9.84. The van der Waals surface area contributed by atoms with E-state index >= 15 is 0 Å². The van der Waals surface area contributed by atoms with Crippen molar-refractivity contribution in [1.29, 1.82) is 0 Å². The van der Waals surface area contributed by atoms with Gasteiger partial charge < -0.3 is 10.5 Å². The zero-order chi connectivity index (χ0) is 18.6. The third-order valence-electron chi connectivity index (χ3n) is 5.38. The zero-order valence-corrected chi connectivity index (χ0v) is 15.3. The van der Waals surface area contributed by atoms with Gasteiger partial charge in [-0.3, -0.25) is 0 Å². The minimum Gasteiger partial charge on any atom is -0.489 e. The molecule has 0 fully saturated rings. The van der Waals surface area contributed by atoms with Gasteiger partial charge in [0, 0.05) is 0 Å². The Hall–Kier alpha value is -2.65. The molecule has 0 aromatic heterocycles. The largest absolute Gasteiger partial charge is 0.489 e. The van der Waals surface area contributed by atoms with Crippen LogP contribution in [-0.2, 0) is 19.4 Å². The minimum absolute atomic E-state index is 0.215. The maximum absolute atomic E-state index is 13.0. The van der Waals surface area contributed by atoms with Crippen LogP contribution in [0.4, 0.5) is 4.39 Å². The smallest absolute Gasteiger partial charge is 0.123 e. The second-order valence-corrected chi connectivity index (χ2v) is 7.27. The van der Waals surface area contributed by atoms with E-state index in [4.69, 9.17) is 10.5 Å². The van der Waals surface area contributed by atoms with Crippen LogP contribution in [0.3, 0.4) is 0 Å². The molecule has 3 aromatic rings. The van der Waals surface area contributed by atoms with Crippen LogP contribution >= 0.6 is 0 Å². The van der Waals surface area contributed by atoms with E-state index in [1.165, 1.54) is 23.3 Å². The summed E-state index contributed by atoms with van der Waals surface area (Å²) in [6.45, 7) is 1.31. The number of hydrogen-bond acceptors (Lipinski definition) is 2. The van der Waals surface area contributed by atoms with Crippen LogP contribution in [-0.4, -0.2) is 6.54 Å². The van der Waals surface area contributed by atoms with Crippen molar-refractivity contribution in [3.05, 3.63) is 89.2 Å². The van der Waals surface area contributed by atoms with Crippen molar-refractivity contribution in [3.8, 4) is 16.9 Å². The molecule has 3 heteroatoms. The van der Waals surface area contributed by atoms with E-state index < -0.39 is 0 Å². The summed E-state index contributed by atoms with van der Waals surface area (Å²) >= 11 is 0. The zero-order valence-electron chi connectivity index (χ0n) is 15.3. The fraction of sp³-hybridized carbons (Fsp3) is 0.250. The topological polar surface area (TPSA) is 35.2 Å². The molecule has 138 valence electrons. The predicted octanol–water partition coefficient (Wildman–Crippen LogP) is 5.14. The van der Waals surface area contributed by atoms with Gasteiger partial charge in [-0.25, -0.2) is 4.39 Å². The van der Waals surface area contributed by atoms with Crippen LogP contribution in [0.2, 0.25) is 0 Å². The van der Waals surface area contributed by atoms with E-state index in [1.54, 1.807) is 12.1 Å². The van der Waals surface area contributed by atoms with Gasteiger partial charge in [-0.05, 0) is 83.8 Å². The van der Waals surface area contributed by atoms with E-state index in [0.29, 0.717) is 12.5 Å². The first kappa shape index (κ1) is 17.7. The van der Waals surface area contributed by atoms with Gasteiger partial charge in [-0.1, -0.05) is 42.5 Å². The molecule has 0 amide bonds. The number of rotatable bonds is 5. The highest BCUT2D eigenvalue weighted by Crippen LogP contribution is 2.28. The Balaban J connectivity index is 1.39. The first-order valence-corrected chi connectivity index (χ1v) is 9.51. The molecule has 1 atom stereocenters. The molecule has 4 rings (SSSR count). The van der Waals surface area contributed by atoms with Crippen molar-refractivity contribution in [2.24, 2.45) is 11.7 Å². The number of nitrogens with two attached hydrogens (primary N) is 1. The molecular weight excluding hydrogens is 337 g/mol. The molecule has 1 aliphatic carbocycles. The quantitative estimate of drug-likeness (QED) is 0.683. The molecule has 1 aliphatic rings. The average Bonchev–Trinajstić information content (AvgIpc) is 2.72. The first-order valence-electron chi connectivity index (χ1n) is 9.51. The van der Waals surface area contributed by atoms with Crippen LogP contribution in [0.25, 0.3) is 11.1 Å². The fourth-order valence-corrected chi connectivity index (χ4v) is 3.70. The molecule has 0 aliphatic heterocycles. The van der Waals surface area contributed by atoms with Crippen molar-refractivity contribution in [3.63, 3.8) is 0 Å². The summed E-state index contributed by atoms with van der Waals surface area (Å²) in [7, 11) is 0. The van der Waals surface area contributed by atoms with Crippen LogP contribution in [0.1, 0.15) is 23.1 Å². The van der Waals surface area contributed by atoms with Gasteiger partial charge in [-0.2, -0.15) is 0 Å². The number of halogens is 1. The average molecular weight is 361 g/mol. The summed E-state index contributed by atoms with van der Waals surface area (Å²) in [5.41, 5.74) is 11.8. The van der Waals surface area contributed by atoms with Crippen molar-refractivity contribution < 1.29 is 9.13 Å². The van der Waals surface area contributed by atoms with E-state index in [2.05, 4.69) is 30.3 Å². The Morgan fingerprint density at radius 3 is 2.30 bits per heavy atom. The Morgan fingerprint density at radius 1 is 0.889 bits per heavy atom. The molecule has 2 nitrogen and oxygen atoms in total. The molecule has 0 spiro atoms. The van der Waals surface area contributed by atoms with E-state index in [9.17, 15) is 4.39 Å². The number of fused-ring (bicyclic) bond motifs is 1. The number of ether oxygens (including phenoxy) is 1. The van der Waals surface area contributed by atoms with Crippen molar-refractivity contribution >= 4 is 0 Å². The van der Waals surface area contributed by atoms with E-state index in [-0.39, 0.29) is 5.82 Å². The predicted molar refractivity (Wildman–Crippen MR) is 107 cm³/mol. The summed E-state index contributed by atoms with van der Waals surface area (Å²) in [5.74, 6) is 1.32. The second kappa shape index (κ2) is 7.93. The standard InChI is InChI=1S/C24H24FNO/c25-23-10-7-20(8-11-23)19-4-1-17(2-5-19)16-27-24-12-9-21-13-18(15-26)3-6-22(21)14-24/h1-2,4-5,7-12,14,18H,3,6,13,15-16,26H2. The van der Waals surface area contributed by atoms with Crippen molar-refractivity contribution in [2.75, 3.05) is 6.54 Å². The van der Waals surface area contributed by atoms with E-state index in [0.717, 1.165) is 48.2 Å². The molecule has 1 unspecified atom stereocenters. The monoisotopic (exact) mass is 361 g/mol. The highest BCUT2D eigenvalue weighted by Gasteiger charge is 2.17. The molecule has 0 saturated heterocycles. The maximum atomic E-state index is 13.0. The number of benzene rings is 3. The maximum Gasteiger partial charge on any atom is 0.123 e. The lowest BCUT2D eigenvalue weighted by Crippen LogP contribution is -2.22. The minimum atomic E-state index is -0.215. The molecule has 27 heavy (non-hydrogen) atoms. The molecule has 0 radical (unpaired) electrons. The summed E-state index contributed by atoms with van der Waals surface area (Å²) < 4.78 is 19.0. The summed E-state index contributed by atoms with van der Waals surface area (Å²) in [6, 6.07) is 21.2. The van der Waals surface area contributed by atoms with Crippen LogP contribution in [0.15, 0.2) is 66.7 Å². The third-order valence-corrected chi connectivity index (χ3v) is 5.38. The van der Waals surface area contributed by atoms with Crippen LogP contribution in [0.5, 0.6) is 5.75 Å². The van der Waals surface area contributed by atoms with Gasteiger partial charge in [-0.15, -0.1) is 0 Å². The SMILES string of the molecule is NCC1CCc2cc(OCc3ccc(-c4ccc(F)cc4)cc3)ccc2C1. The van der Waals surface area contributed by atoms with Gasteiger partial charge in [0.05, 0.1) is 0 Å². The lowest BCUT2D eigenvalue weighted by molar-refractivity contribution is 0.305. The molecule has 0 bridgehead atoms. The molecule has 3 aromatic carbocycles. The van der Waals surface area contributed by atoms with Gasteiger partial charge in [0.2, 0.25) is 0 Å². The first-order chi connectivity index (χ1) is 13.2. The van der Waals surface area contributed by atoms with Crippen molar-refractivity contribution in [2.45, 2.75) is 25.9 Å². The van der Waals surface area contributed by atoms with Gasteiger partial charge in [0.25, 0.3) is 0 Å². The molecule has 2 N–H and O–H groups in total. The number of aryl methyl sites for hydroxylation is 1. The van der Waals surface area contributed by atoms with Gasteiger partial charge in [0.15, 0.2) is 0 Å². The lowest BCUT2D eigenvalue weighted by Gasteiger charge is -2.23. The Kier molecular flexibility index (Phi) is 5.21. The number of hydrogen-bond donors (Lipinski definition) is 1. The normalized spacial score (nSPS) is 16.0. The third kappa shape index (κ3) is 4.20. The van der Waals surface area contributed by atoms with Gasteiger partial charge >= 0.3 is 0 Å². The molecule has 0 saturated carbocycles. The summed E-state index contributed by atoms with van der Waals surface area (Å²) in [4.78, 5) is 0. The highest BCUT2D eigenvalue weighted by molar-refractivity contribution is 5.63. The van der Waals surface area contributed by atoms with E-state index in [1.807, 2.05) is 12.1 Å². The Morgan fingerprint density at radius 2 is 1.59 bits per heavy atom. The highest BCUT2D eigenvalue weighted by atomic mass is 19.1. The summed E-state index contributed by atoms with van der Waals surface area (Å²) in [5, 5.41) is 0. The van der Waals surface area contributed by atoms with Crippen LogP contribution in [0, 0.1) is 11.7 Å². The Labute approximate surface area is 159 Å². The summed E-state index contributed by atoms with van der Waals surface area (Å²) in [6.07, 6.45) is 3.33. The van der Waals surface area contributed by atoms with Crippen LogP contribution < -0.4 is 10.5 Å². The Bertz CT molecular complexity index is 903. The molecule has 0 heterocycles. The molecular formula is C24H24FNO.